The molecule has 8 heteroatoms. The second kappa shape index (κ2) is 6.17. The molecule has 1 aliphatic heterocycles. The van der Waals surface area contributed by atoms with Crippen LogP contribution in [0.4, 0.5) is 0 Å². The van der Waals surface area contributed by atoms with Crippen LogP contribution in [0.2, 0.25) is 0 Å². The topological polar surface area (TPSA) is 93.7 Å². The largest absolute Gasteiger partial charge is 0.477 e. The number of hydrogen-bond acceptors (Lipinski definition) is 4. The third-order valence-electron chi connectivity index (χ3n) is 3.98. The van der Waals surface area contributed by atoms with Crippen molar-refractivity contribution in [2.75, 3.05) is 26.2 Å². The van der Waals surface area contributed by atoms with E-state index in [0.29, 0.717) is 13.1 Å². The molecular formula is C13H21N3O4S. The highest BCUT2D eigenvalue weighted by molar-refractivity contribution is 7.89. The van der Waals surface area contributed by atoms with Gasteiger partial charge in [0, 0.05) is 25.3 Å². The van der Waals surface area contributed by atoms with Gasteiger partial charge in [-0.05, 0) is 25.6 Å². The summed E-state index contributed by atoms with van der Waals surface area (Å²) in [5.74, 6) is -1.17. The molecule has 0 radical (unpaired) electrons. The van der Waals surface area contributed by atoms with E-state index >= 15 is 0 Å². The van der Waals surface area contributed by atoms with Gasteiger partial charge in [-0.3, -0.25) is 4.90 Å². The lowest BCUT2D eigenvalue weighted by molar-refractivity contribution is 0.0691. The zero-order valence-corrected chi connectivity index (χ0v) is 13.1. The minimum atomic E-state index is -3.62. The highest BCUT2D eigenvalue weighted by Gasteiger charge is 2.35. The summed E-state index contributed by atoms with van der Waals surface area (Å²) in [7, 11) is -3.62. The van der Waals surface area contributed by atoms with E-state index < -0.39 is 16.0 Å². The van der Waals surface area contributed by atoms with Crippen LogP contribution >= 0.6 is 0 Å². The number of likely N-dealkylation sites (N-methyl/N-ethyl adjacent to an activating group) is 1. The molecule has 7 nitrogen and oxygen atoms in total. The maximum atomic E-state index is 12.5. The lowest BCUT2D eigenvalue weighted by Crippen LogP contribution is -2.38. The van der Waals surface area contributed by atoms with Gasteiger partial charge in [-0.2, -0.15) is 4.31 Å². The van der Waals surface area contributed by atoms with Crippen molar-refractivity contribution in [2.45, 2.75) is 31.2 Å². The molecule has 1 atom stereocenters. The first-order valence-corrected chi connectivity index (χ1v) is 8.50. The second-order valence-electron chi connectivity index (χ2n) is 5.08. The van der Waals surface area contributed by atoms with Crippen molar-refractivity contribution in [1.29, 1.82) is 0 Å². The Morgan fingerprint density at radius 2 is 2.14 bits per heavy atom. The maximum Gasteiger partial charge on any atom is 0.352 e. The minimum Gasteiger partial charge on any atom is -0.477 e. The molecule has 2 N–H and O–H groups in total. The Morgan fingerprint density at radius 1 is 1.48 bits per heavy atom. The van der Waals surface area contributed by atoms with Gasteiger partial charge in [0.25, 0.3) is 0 Å². The smallest absolute Gasteiger partial charge is 0.352 e. The van der Waals surface area contributed by atoms with Gasteiger partial charge in [0.1, 0.15) is 10.6 Å². The number of sulfonamides is 1. The van der Waals surface area contributed by atoms with Gasteiger partial charge in [-0.15, -0.1) is 0 Å². The number of aromatic carboxylic acids is 1. The van der Waals surface area contributed by atoms with Crippen molar-refractivity contribution >= 4 is 16.0 Å². The second-order valence-corrected chi connectivity index (χ2v) is 7.02. The van der Waals surface area contributed by atoms with Crippen LogP contribution in [-0.4, -0.2) is 65.9 Å². The first kappa shape index (κ1) is 16.0. The van der Waals surface area contributed by atoms with E-state index in [9.17, 15) is 13.2 Å². The molecule has 2 rings (SSSR count). The molecule has 1 saturated heterocycles. The van der Waals surface area contributed by atoms with E-state index in [1.807, 2.05) is 0 Å². The summed E-state index contributed by atoms with van der Waals surface area (Å²) in [5.41, 5.74) is -0.118. The predicted molar refractivity (Wildman–Crippen MR) is 77.8 cm³/mol. The van der Waals surface area contributed by atoms with Crippen molar-refractivity contribution in [3.8, 4) is 0 Å². The highest BCUT2D eigenvalue weighted by Crippen LogP contribution is 2.24. The molecule has 0 aliphatic carbocycles. The number of aromatic nitrogens is 1. The Kier molecular flexibility index (Phi) is 4.70. The Labute approximate surface area is 124 Å². The molecular weight excluding hydrogens is 294 g/mol. The van der Waals surface area contributed by atoms with Gasteiger partial charge in [0.2, 0.25) is 10.0 Å². The van der Waals surface area contributed by atoms with Crippen LogP contribution in [0.5, 0.6) is 0 Å². The van der Waals surface area contributed by atoms with E-state index in [1.54, 1.807) is 0 Å². The maximum absolute atomic E-state index is 12.5. The summed E-state index contributed by atoms with van der Waals surface area (Å²) in [6, 6.07) is 1.40. The number of carbonyl (C=O) groups is 1. The van der Waals surface area contributed by atoms with Crippen LogP contribution in [0.3, 0.4) is 0 Å². The third kappa shape index (κ3) is 3.12. The zero-order chi connectivity index (χ0) is 15.6. The number of aromatic amines is 1. The first-order chi connectivity index (χ1) is 9.90. The quantitative estimate of drug-likeness (QED) is 0.810. The number of nitrogens with one attached hydrogen (secondary N) is 1. The number of rotatable bonds is 6. The van der Waals surface area contributed by atoms with E-state index in [4.69, 9.17) is 5.11 Å². The summed E-state index contributed by atoms with van der Waals surface area (Å²) < 4.78 is 26.5. The number of nitrogens with zero attached hydrogens (tertiary/aromatic N) is 2. The molecule has 0 aromatic carbocycles. The molecule has 1 aromatic heterocycles. The molecule has 21 heavy (non-hydrogen) atoms. The van der Waals surface area contributed by atoms with Gasteiger partial charge in [0.15, 0.2) is 0 Å². The molecule has 1 fully saturated rings. The molecule has 0 bridgehead atoms. The number of hydrogen-bond donors (Lipinski definition) is 2. The molecule has 2 heterocycles. The van der Waals surface area contributed by atoms with Crippen molar-refractivity contribution in [2.24, 2.45) is 0 Å². The van der Waals surface area contributed by atoms with E-state index in [2.05, 4.69) is 23.7 Å². The average Bonchev–Trinajstić information content (AvgIpc) is 3.10. The molecule has 118 valence electrons. The van der Waals surface area contributed by atoms with E-state index in [0.717, 1.165) is 19.5 Å². The van der Waals surface area contributed by atoms with Crippen LogP contribution in [0.1, 0.15) is 30.8 Å². The summed E-state index contributed by atoms with van der Waals surface area (Å²) >= 11 is 0. The Hall–Kier alpha value is -1.38. The summed E-state index contributed by atoms with van der Waals surface area (Å²) in [4.78, 5) is 15.6. The van der Waals surface area contributed by atoms with Crippen molar-refractivity contribution in [1.82, 2.24) is 14.2 Å². The molecule has 1 aliphatic rings. The lowest BCUT2D eigenvalue weighted by Gasteiger charge is -2.25. The van der Waals surface area contributed by atoms with E-state index in [1.165, 1.54) is 16.6 Å². The SMILES string of the molecule is CCN(CC)C1CCN(S(=O)(=O)c2c[nH]c(C(=O)O)c2)C1. The monoisotopic (exact) mass is 315 g/mol. The van der Waals surface area contributed by atoms with Gasteiger partial charge in [-0.1, -0.05) is 13.8 Å². The predicted octanol–water partition coefficient (Wildman–Crippen LogP) is 0.818. The van der Waals surface area contributed by atoms with Crippen LogP contribution in [0, 0.1) is 0 Å². The van der Waals surface area contributed by atoms with Crippen LogP contribution < -0.4 is 0 Å². The summed E-state index contributed by atoms with van der Waals surface area (Å²) in [6.45, 7) is 6.83. The zero-order valence-electron chi connectivity index (χ0n) is 12.2. The minimum absolute atomic E-state index is 0.0140. The summed E-state index contributed by atoms with van der Waals surface area (Å²) in [5, 5.41) is 8.86. The fraction of sp³-hybridized carbons (Fsp3) is 0.615. The molecule has 0 spiro atoms. The highest BCUT2D eigenvalue weighted by atomic mass is 32.2. The molecule has 1 aromatic rings. The number of carboxylic acid groups (broad SMARTS) is 1. The third-order valence-corrected chi connectivity index (χ3v) is 5.82. The fourth-order valence-electron chi connectivity index (χ4n) is 2.76. The molecule has 0 saturated carbocycles. The molecule has 0 amide bonds. The number of carboxylic acids is 1. The van der Waals surface area contributed by atoms with E-state index in [-0.39, 0.29) is 16.6 Å². The lowest BCUT2D eigenvalue weighted by atomic mass is 10.2. The van der Waals surface area contributed by atoms with Gasteiger partial charge in [0.05, 0.1) is 0 Å². The number of H-pyrrole nitrogens is 1. The first-order valence-electron chi connectivity index (χ1n) is 7.06. The summed E-state index contributed by atoms with van der Waals surface area (Å²) in [6.07, 6.45) is 2.04. The average molecular weight is 315 g/mol. The van der Waals surface area contributed by atoms with Crippen LogP contribution in [0.25, 0.3) is 0 Å². The van der Waals surface area contributed by atoms with Gasteiger partial charge in [-0.25, -0.2) is 13.2 Å². The van der Waals surface area contributed by atoms with Crippen molar-refractivity contribution in [3.05, 3.63) is 18.0 Å². The Bertz CT molecular complexity index is 607. The van der Waals surface area contributed by atoms with Crippen molar-refractivity contribution < 1.29 is 18.3 Å². The van der Waals surface area contributed by atoms with Gasteiger partial charge >= 0.3 is 5.97 Å². The van der Waals surface area contributed by atoms with Gasteiger partial charge < -0.3 is 10.1 Å². The molecule has 1 unspecified atom stereocenters. The van der Waals surface area contributed by atoms with Crippen molar-refractivity contribution in [3.63, 3.8) is 0 Å². The van der Waals surface area contributed by atoms with Crippen LogP contribution in [-0.2, 0) is 10.0 Å². The standard InChI is InChI=1S/C13H21N3O4S/c1-3-15(4-2)10-5-6-16(9-10)21(19,20)11-7-12(13(17)18)14-8-11/h7-8,10,14H,3-6,9H2,1-2H3,(H,17,18). The normalized spacial score (nSPS) is 20.2. The Morgan fingerprint density at radius 3 is 2.67 bits per heavy atom. The van der Waals surface area contributed by atoms with Crippen LogP contribution in [0.15, 0.2) is 17.2 Å². The Balaban J connectivity index is 2.15. The fourth-order valence-corrected chi connectivity index (χ4v) is 4.25.